The minimum absolute atomic E-state index is 0.280. The van der Waals surface area contributed by atoms with Gasteiger partial charge in [0.05, 0.1) is 0 Å². The van der Waals surface area contributed by atoms with Crippen molar-refractivity contribution in [1.82, 2.24) is 4.57 Å². The summed E-state index contributed by atoms with van der Waals surface area (Å²) in [5, 5.41) is 10.4. The number of hydrogen-bond donors (Lipinski definition) is 0. The van der Waals surface area contributed by atoms with Crippen molar-refractivity contribution in [1.29, 1.82) is 0 Å². The van der Waals surface area contributed by atoms with E-state index in [-0.39, 0.29) is 14.5 Å². The number of nitrogens with zero attached hydrogens (tertiary/aromatic N) is 2. The van der Waals surface area contributed by atoms with Crippen LogP contribution in [-0.4, -0.2) is 19.1 Å². The Morgan fingerprint density at radius 3 is 1.85 bits per heavy atom. The van der Waals surface area contributed by atoms with Crippen molar-refractivity contribution >= 4 is 94.2 Å². The van der Waals surface area contributed by atoms with Crippen LogP contribution < -0.4 is 4.90 Å². The van der Waals surface area contributed by atoms with Crippen LogP contribution in [0.15, 0.2) is 170 Å². The number of benzene rings is 8. The molecule has 0 saturated heterocycles. The van der Waals surface area contributed by atoms with Crippen LogP contribution in [0, 0.1) is 0 Å². The van der Waals surface area contributed by atoms with Crippen molar-refractivity contribution in [2.75, 3.05) is 4.90 Å². The van der Waals surface area contributed by atoms with Gasteiger partial charge in [0.15, 0.2) is 0 Å². The Morgan fingerprint density at radius 1 is 0.383 bits per heavy atom. The van der Waals surface area contributed by atoms with E-state index in [1.807, 2.05) is 0 Å². The molecule has 0 bridgehead atoms. The van der Waals surface area contributed by atoms with E-state index in [1.54, 1.807) is 0 Å². The van der Waals surface area contributed by atoms with Crippen molar-refractivity contribution in [3.8, 4) is 5.69 Å². The average molecular weight is 664 g/mol. The normalized spacial score (nSPS) is 11.8. The third-order valence-electron chi connectivity index (χ3n) is 9.51. The Morgan fingerprint density at radius 2 is 1.02 bits per heavy atom. The summed E-state index contributed by atoms with van der Waals surface area (Å²) in [4.78, 5) is 2.42. The summed E-state index contributed by atoms with van der Waals surface area (Å²) in [6, 6.07) is 62.4. The first kappa shape index (κ1) is 26.6. The van der Waals surface area contributed by atoms with Crippen LogP contribution in [0.5, 0.6) is 0 Å². The van der Waals surface area contributed by atoms with Gasteiger partial charge in [-0.25, -0.2) is 0 Å². The SMILES string of the molecule is c1ccc(N(c2ccc3ccc4c5ccccc5[se]c4c3c2)c2ccc3c(c2)c2cc4ccccc4cc2n3-c2ccccc2)cc1. The molecule has 0 aliphatic carbocycles. The monoisotopic (exact) mass is 664 g/mol. The molecule has 0 aliphatic rings. The molecule has 0 spiro atoms. The molecule has 0 atom stereocenters. The molecule has 0 saturated carbocycles. The van der Waals surface area contributed by atoms with Crippen molar-refractivity contribution < 1.29 is 0 Å². The zero-order valence-electron chi connectivity index (χ0n) is 25.5. The predicted octanol–water partition coefficient (Wildman–Crippen LogP) is 11.9. The van der Waals surface area contributed by atoms with Gasteiger partial charge in [-0.3, -0.25) is 0 Å². The molecule has 10 rings (SSSR count). The second-order valence-electron chi connectivity index (χ2n) is 12.2. The summed E-state index contributed by atoms with van der Waals surface area (Å²) in [5.41, 5.74) is 7.04. The Kier molecular flexibility index (Phi) is 5.92. The van der Waals surface area contributed by atoms with Crippen LogP contribution in [0.25, 0.3) is 68.3 Å². The van der Waals surface area contributed by atoms with Crippen molar-refractivity contribution in [3.05, 3.63) is 170 Å². The van der Waals surface area contributed by atoms with Gasteiger partial charge < -0.3 is 0 Å². The standard InChI is InChI=1S/C44H28N2Se/c1-3-13-32(14-4-1)45(34-21-19-29-20-23-37-36-17-9-10-18-43(36)47-44(37)38(29)27-34)35-22-24-41-40(28-35)39-25-30-11-7-8-12-31(30)26-42(39)46(41)33-15-5-2-6-16-33/h1-28H. The minimum atomic E-state index is 0.280. The number of rotatable bonds is 4. The van der Waals surface area contributed by atoms with E-state index in [2.05, 4.69) is 179 Å². The van der Waals surface area contributed by atoms with Crippen LogP contribution in [0.1, 0.15) is 0 Å². The zero-order chi connectivity index (χ0) is 30.9. The summed E-state index contributed by atoms with van der Waals surface area (Å²) in [6.45, 7) is 0. The second kappa shape index (κ2) is 10.5. The van der Waals surface area contributed by atoms with Gasteiger partial charge >= 0.3 is 243 Å². The van der Waals surface area contributed by atoms with E-state index in [4.69, 9.17) is 0 Å². The number of hydrogen-bond acceptors (Lipinski definition) is 1. The van der Waals surface area contributed by atoms with Gasteiger partial charge in [0.1, 0.15) is 0 Å². The first-order valence-electron chi connectivity index (χ1n) is 16.0. The Bertz CT molecular complexity index is 2790. The van der Waals surface area contributed by atoms with Crippen molar-refractivity contribution in [3.63, 3.8) is 0 Å². The molecule has 2 aromatic heterocycles. The average Bonchev–Trinajstić information content (AvgIpc) is 3.67. The fourth-order valence-corrected chi connectivity index (χ4v) is 9.92. The number of fused-ring (bicyclic) bond motifs is 9. The summed E-state index contributed by atoms with van der Waals surface area (Å²) in [7, 11) is 0. The maximum absolute atomic E-state index is 2.42. The molecule has 0 amide bonds. The van der Waals surface area contributed by atoms with E-state index in [9.17, 15) is 0 Å². The van der Waals surface area contributed by atoms with E-state index >= 15 is 0 Å². The Hall–Kier alpha value is -5.60. The van der Waals surface area contributed by atoms with E-state index < -0.39 is 0 Å². The quantitative estimate of drug-likeness (QED) is 0.170. The molecule has 0 unspecified atom stereocenters. The molecule has 10 aromatic rings. The number of anilines is 3. The summed E-state index contributed by atoms with van der Waals surface area (Å²) >= 11 is 0.280. The Balaban J connectivity index is 1.24. The van der Waals surface area contributed by atoms with Gasteiger partial charge in [0.25, 0.3) is 0 Å². The molecular formula is C44H28N2Se. The van der Waals surface area contributed by atoms with Crippen LogP contribution in [0.3, 0.4) is 0 Å². The van der Waals surface area contributed by atoms with Crippen molar-refractivity contribution in [2.45, 2.75) is 0 Å². The molecule has 2 nitrogen and oxygen atoms in total. The molecule has 2 heterocycles. The van der Waals surface area contributed by atoms with Crippen LogP contribution >= 0.6 is 0 Å². The van der Waals surface area contributed by atoms with E-state index in [0.717, 1.165) is 11.4 Å². The van der Waals surface area contributed by atoms with Gasteiger partial charge in [-0.1, -0.05) is 36.4 Å². The molecule has 8 aromatic carbocycles. The van der Waals surface area contributed by atoms with Gasteiger partial charge in [-0.15, -0.1) is 0 Å². The maximum atomic E-state index is 2.42. The number of aromatic nitrogens is 1. The molecule has 3 heteroatoms. The fourth-order valence-electron chi connectivity index (χ4n) is 7.34. The molecule has 0 aliphatic heterocycles. The van der Waals surface area contributed by atoms with Crippen LogP contribution in [-0.2, 0) is 0 Å². The fraction of sp³-hybridized carbons (Fsp3) is 0. The molecule has 0 radical (unpaired) electrons. The third kappa shape index (κ3) is 4.18. The second-order valence-corrected chi connectivity index (χ2v) is 14.4. The third-order valence-corrected chi connectivity index (χ3v) is 12.1. The molecule has 0 fully saturated rings. The molecule has 47 heavy (non-hydrogen) atoms. The zero-order valence-corrected chi connectivity index (χ0v) is 27.2. The summed E-state index contributed by atoms with van der Waals surface area (Å²) in [5.74, 6) is 0. The predicted molar refractivity (Wildman–Crippen MR) is 202 cm³/mol. The van der Waals surface area contributed by atoms with Gasteiger partial charge in [-0.05, 0) is 0 Å². The van der Waals surface area contributed by atoms with E-state index in [1.165, 1.54) is 74.0 Å². The van der Waals surface area contributed by atoms with Gasteiger partial charge in [-0.2, -0.15) is 0 Å². The first-order chi connectivity index (χ1) is 23.3. The number of para-hydroxylation sites is 2. The summed E-state index contributed by atoms with van der Waals surface area (Å²) < 4.78 is 5.37. The van der Waals surface area contributed by atoms with Crippen molar-refractivity contribution in [2.24, 2.45) is 0 Å². The van der Waals surface area contributed by atoms with E-state index in [0.29, 0.717) is 0 Å². The first-order valence-corrected chi connectivity index (χ1v) is 17.7. The van der Waals surface area contributed by atoms with Crippen LogP contribution in [0.4, 0.5) is 17.1 Å². The molecule has 220 valence electrons. The van der Waals surface area contributed by atoms with Crippen LogP contribution in [0.2, 0.25) is 0 Å². The van der Waals surface area contributed by atoms with Gasteiger partial charge in [0, 0.05) is 0 Å². The topological polar surface area (TPSA) is 8.17 Å². The molecular weight excluding hydrogens is 635 g/mol. The molecule has 0 N–H and O–H groups in total. The summed E-state index contributed by atoms with van der Waals surface area (Å²) in [6.07, 6.45) is 0. The van der Waals surface area contributed by atoms with Gasteiger partial charge in [0.2, 0.25) is 0 Å². The Labute approximate surface area is 278 Å².